The molecule has 0 aliphatic carbocycles. The SMILES string of the molecule is C[SiH](C)Oc1c(CN)occ(C(C)(C)C)c1=O. The molecule has 5 heteroatoms. The molecular weight excluding hydrogens is 234 g/mol. The summed E-state index contributed by atoms with van der Waals surface area (Å²) in [5.41, 5.74) is 5.83. The lowest BCUT2D eigenvalue weighted by Crippen LogP contribution is -2.27. The van der Waals surface area contributed by atoms with Crippen LogP contribution >= 0.6 is 0 Å². The van der Waals surface area contributed by atoms with Crippen LogP contribution in [0, 0.1) is 0 Å². The van der Waals surface area contributed by atoms with Crippen LogP contribution in [0.15, 0.2) is 15.5 Å². The molecule has 0 aliphatic rings. The zero-order valence-corrected chi connectivity index (χ0v) is 12.3. The fraction of sp³-hybridized carbons (Fsp3) is 0.583. The second-order valence-corrected chi connectivity index (χ2v) is 7.68. The van der Waals surface area contributed by atoms with Gasteiger partial charge in [-0.05, 0) is 18.5 Å². The predicted molar refractivity (Wildman–Crippen MR) is 71.1 cm³/mol. The first-order chi connectivity index (χ1) is 7.77. The Morgan fingerprint density at radius 1 is 1.41 bits per heavy atom. The minimum atomic E-state index is -1.36. The Morgan fingerprint density at radius 3 is 2.41 bits per heavy atom. The third kappa shape index (κ3) is 3.20. The summed E-state index contributed by atoms with van der Waals surface area (Å²) in [6.07, 6.45) is 1.50. The van der Waals surface area contributed by atoms with Crippen molar-refractivity contribution in [3.05, 3.63) is 27.8 Å². The van der Waals surface area contributed by atoms with Crippen molar-refractivity contribution >= 4 is 9.04 Å². The van der Waals surface area contributed by atoms with Gasteiger partial charge in [0, 0.05) is 5.56 Å². The summed E-state index contributed by atoms with van der Waals surface area (Å²) in [6, 6.07) is 0. The normalized spacial score (nSPS) is 11.9. The van der Waals surface area contributed by atoms with E-state index in [4.69, 9.17) is 14.6 Å². The molecule has 0 saturated carbocycles. The van der Waals surface area contributed by atoms with E-state index >= 15 is 0 Å². The van der Waals surface area contributed by atoms with Crippen molar-refractivity contribution in [1.29, 1.82) is 0 Å². The summed E-state index contributed by atoms with van der Waals surface area (Å²) in [5.74, 6) is 0.741. The Bertz CT molecular complexity index is 446. The minimum Gasteiger partial charge on any atom is -0.542 e. The Balaban J connectivity index is 3.38. The maximum atomic E-state index is 12.3. The summed E-state index contributed by atoms with van der Waals surface area (Å²) in [5, 5.41) is 0. The molecule has 1 aromatic rings. The van der Waals surface area contributed by atoms with Crippen LogP contribution in [0.2, 0.25) is 13.1 Å². The molecule has 17 heavy (non-hydrogen) atoms. The summed E-state index contributed by atoms with van der Waals surface area (Å²) >= 11 is 0. The monoisotopic (exact) mass is 255 g/mol. The molecule has 1 heterocycles. The van der Waals surface area contributed by atoms with Gasteiger partial charge in [0.15, 0.2) is 11.5 Å². The van der Waals surface area contributed by atoms with Crippen molar-refractivity contribution in [2.45, 2.75) is 45.8 Å². The molecule has 0 spiro atoms. The van der Waals surface area contributed by atoms with E-state index in [9.17, 15) is 4.79 Å². The van der Waals surface area contributed by atoms with Gasteiger partial charge < -0.3 is 14.6 Å². The van der Waals surface area contributed by atoms with E-state index in [1.54, 1.807) is 0 Å². The van der Waals surface area contributed by atoms with Gasteiger partial charge in [0.05, 0.1) is 12.8 Å². The Labute approximate surface area is 104 Å². The van der Waals surface area contributed by atoms with Crippen molar-refractivity contribution in [3.63, 3.8) is 0 Å². The van der Waals surface area contributed by atoms with Crippen LogP contribution in [0.4, 0.5) is 0 Å². The van der Waals surface area contributed by atoms with E-state index in [2.05, 4.69) is 0 Å². The highest BCUT2D eigenvalue weighted by molar-refractivity contribution is 6.49. The second-order valence-electron chi connectivity index (χ2n) is 5.35. The standard InChI is InChI=1S/C12H21NO3Si/c1-12(2,3)8-7-15-9(6-13)11(10(8)14)16-17(4)5/h7,17H,6,13H2,1-5H3. The van der Waals surface area contributed by atoms with Crippen molar-refractivity contribution in [2.75, 3.05) is 0 Å². The van der Waals surface area contributed by atoms with Gasteiger partial charge in [0.2, 0.25) is 14.5 Å². The Hall–Kier alpha value is -1.07. The number of rotatable bonds is 3. The maximum absolute atomic E-state index is 12.3. The van der Waals surface area contributed by atoms with Gasteiger partial charge >= 0.3 is 0 Å². The molecule has 0 saturated heterocycles. The van der Waals surface area contributed by atoms with Crippen molar-refractivity contribution in [2.24, 2.45) is 5.73 Å². The molecule has 96 valence electrons. The summed E-state index contributed by atoms with van der Waals surface area (Å²) in [7, 11) is -1.36. The molecule has 0 fully saturated rings. The zero-order valence-electron chi connectivity index (χ0n) is 11.2. The molecule has 0 bridgehead atoms. The van der Waals surface area contributed by atoms with E-state index in [-0.39, 0.29) is 17.4 Å². The molecular formula is C12H21NO3Si. The number of nitrogens with two attached hydrogens (primary N) is 1. The molecule has 4 nitrogen and oxygen atoms in total. The van der Waals surface area contributed by atoms with Crippen LogP contribution in [-0.4, -0.2) is 9.04 Å². The highest BCUT2D eigenvalue weighted by Gasteiger charge is 2.23. The Kier molecular flexibility index (Phi) is 4.16. The molecule has 0 aliphatic heterocycles. The molecule has 0 atom stereocenters. The van der Waals surface area contributed by atoms with E-state index in [0.717, 1.165) is 0 Å². The predicted octanol–water partition coefficient (Wildman–Crippen LogP) is 1.76. The van der Waals surface area contributed by atoms with Crippen LogP contribution < -0.4 is 15.6 Å². The molecule has 1 rings (SSSR count). The van der Waals surface area contributed by atoms with E-state index < -0.39 is 9.04 Å². The van der Waals surface area contributed by atoms with Gasteiger partial charge in [-0.15, -0.1) is 0 Å². The van der Waals surface area contributed by atoms with Crippen LogP contribution in [0.5, 0.6) is 5.75 Å². The smallest absolute Gasteiger partial charge is 0.229 e. The lowest BCUT2D eigenvalue weighted by Gasteiger charge is -2.20. The molecule has 2 N–H and O–H groups in total. The topological polar surface area (TPSA) is 65.5 Å². The quantitative estimate of drug-likeness (QED) is 0.836. The van der Waals surface area contributed by atoms with Crippen molar-refractivity contribution in [1.82, 2.24) is 0 Å². The van der Waals surface area contributed by atoms with Gasteiger partial charge in [0.25, 0.3) is 0 Å². The number of hydrogen-bond donors (Lipinski definition) is 1. The molecule has 1 aromatic heterocycles. The largest absolute Gasteiger partial charge is 0.542 e. The second kappa shape index (κ2) is 5.06. The lowest BCUT2D eigenvalue weighted by molar-refractivity contribution is 0.424. The molecule has 0 radical (unpaired) electrons. The van der Waals surface area contributed by atoms with Crippen LogP contribution in [-0.2, 0) is 12.0 Å². The molecule has 0 amide bonds. The first kappa shape index (κ1) is 14.0. The molecule has 0 unspecified atom stereocenters. The summed E-state index contributed by atoms with van der Waals surface area (Å²) in [6.45, 7) is 10.1. The first-order valence-corrected chi connectivity index (χ1v) is 8.57. The van der Waals surface area contributed by atoms with Crippen molar-refractivity contribution in [3.8, 4) is 5.75 Å². The van der Waals surface area contributed by atoms with Gasteiger partial charge in [-0.25, -0.2) is 0 Å². The maximum Gasteiger partial charge on any atom is 0.229 e. The first-order valence-electron chi connectivity index (χ1n) is 5.79. The highest BCUT2D eigenvalue weighted by Crippen LogP contribution is 2.23. The minimum absolute atomic E-state index is 0.0922. The van der Waals surface area contributed by atoms with Gasteiger partial charge in [-0.2, -0.15) is 0 Å². The fourth-order valence-electron chi connectivity index (χ4n) is 1.50. The van der Waals surface area contributed by atoms with Gasteiger partial charge in [-0.3, -0.25) is 4.79 Å². The number of hydrogen-bond acceptors (Lipinski definition) is 4. The summed E-state index contributed by atoms with van der Waals surface area (Å²) in [4.78, 5) is 12.3. The lowest BCUT2D eigenvalue weighted by atomic mass is 9.88. The third-order valence-corrected chi connectivity index (χ3v) is 3.08. The molecule has 0 aromatic carbocycles. The average Bonchev–Trinajstić information content (AvgIpc) is 2.18. The fourth-order valence-corrected chi connectivity index (χ4v) is 2.21. The third-order valence-electron chi connectivity index (χ3n) is 2.37. The van der Waals surface area contributed by atoms with Crippen molar-refractivity contribution < 1.29 is 8.84 Å². The van der Waals surface area contributed by atoms with Crippen LogP contribution in [0.25, 0.3) is 0 Å². The van der Waals surface area contributed by atoms with E-state index in [0.29, 0.717) is 17.1 Å². The zero-order chi connectivity index (χ0) is 13.2. The van der Waals surface area contributed by atoms with Gasteiger partial charge in [0.1, 0.15) is 0 Å². The van der Waals surface area contributed by atoms with E-state index in [1.165, 1.54) is 6.26 Å². The highest BCUT2D eigenvalue weighted by atomic mass is 28.3. The van der Waals surface area contributed by atoms with Gasteiger partial charge in [-0.1, -0.05) is 20.8 Å². The summed E-state index contributed by atoms with van der Waals surface area (Å²) < 4.78 is 11.1. The Morgan fingerprint density at radius 2 is 2.00 bits per heavy atom. The van der Waals surface area contributed by atoms with Crippen LogP contribution in [0.1, 0.15) is 32.1 Å². The van der Waals surface area contributed by atoms with E-state index in [1.807, 2.05) is 33.9 Å². The average molecular weight is 255 g/mol. The van der Waals surface area contributed by atoms with Crippen LogP contribution in [0.3, 0.4) is 0 Å².